The number of rotatable bonds is 1. The Morgan fingerprint density at radius 2 is 2.00 bits per heavy atom. The number of H-pyrrole nitrogens is 1. The van der Waals surface area contributed by atoms with E-state index in [2.05, 4.69) is 4.98 Å². The minimum Gasteiger partial charge on any atom is -0.486 e. The highest BCUT2D eigenvalue weighted by molar-refractivity contribution is 7.09. The molecule has 2 aromatic rings. The Kier molecular flexibility index (Phi) is 2.40. The fourth-order valence-electron chi connectivity index (χ4n) is 1.88. The molecule has 4 nitrogen and oxygen atoms in total. The molecule has 0 saturated carbocycles. The van der Waals surface area contributed by atoms with Gasteiger partial charge in [-0.05, 0) is 25.1 Å². The fraction of sp³-hybridized carbons (Fsp3) is 0.250. The van der Waals surface area contributed by atoms with E-state index in [0.29, 0.717) is 13.2 Å². The van der Waals surface area contributed by atoms with Gasteiger partial charge in [0.05, 0.1) is 5.69 Å². The summed E-state index contributed by atoms with van der Waals surface area (Å²) in [5, 5.41) is 0. The molecule has 0 aliphatic carbocycles. The molecule has 0 saturated heterocycles. The van der Waals surface area contributed by atoms with Gasteiger partial charge in [0.25, 0.3) is 0 Å². The van der Waals surface area contributed by atoms with E-state index in [-0.39, 0.29) is 4.87 Å². The first-order valence-electron chi connectivity index (χ1n) is 5.34. The lowest BCUT2D eigenvalue weighted by molar-refractivity contribution is 0.171. The monoisotopic (exact) mass is 249 g/mol. The third-order valence-corrected chi connectivity index (χ3v) is 3.45. The maximum Gasteiger partial charge on any atom is 0.305 e. The van der Waals surface area contributed by atoms with Crippen LogP contribution in [-0.2, 0) is 0 Å². The maximum absolute atomic E-state index is 11.3. The average Bonchev–Trinajstić information content (AvgIpc) is 2.68. The van der Waals surface area contributed by atoms with Gasteiger partial charge in [0.15, 0.2) is 11.5 Å². The minimum atomic E-state index is -0.0348. The summed E-state index contributed by atoms with van der Waals surface area (Å²) in [6.45, 7) is 3.07. The van der Waals surface area contributed by atoms with Crippen LogP contribution >= 0.6 is 11.3 Å². The van der Waals surface area contributed by atoms with Crippen LogP contribution in [0.1, 0.15) is 4.88 Å². The summed E-state index contributed by atoms with van der Waals surface area (Å²) in [6, 6.07) is 5.71. The van der Waals surface area contributed by atoms with E-state index >= 15 is 0 Å². The van der Waals surface area contributed by atoms with Crippen LogP contribution in [0.4, 0.5) is 0 Å². The smallest absolute Gasteiger partial charge is 0.305 e. The Morgan fingerprint density at radius 3 is 2.71 bits per heavy atom. The van der Waals surface area contributed by atoms with Gasteiger partial charge in [-0.3, -0.25) is 4.79 Å². The number of hydrogen-bond donors (Lipinski definition) is 1. The zero-order valence-corrected chi connectivity index (χ0v) is 10.1. The van der Waals surface area contributed by atoms with Gasteiger partial charge in [-0.25, -0.2) is 0 Å². The SMILES string of the molecule is Cc1sc(=O)[nH]c1-c1ccc2c(c1)OCCO2. The van der Waals surface area contributed by atoms with Crippen LogP contribution < -0.4 is 14.3 Å². The van der Waals surface area contributed by atoms with Crippen LogP contribution in [-0.4, -0.2) is 18.2 Å². The molecule has 0 spiro atoms. The summed E-state index contributed by atoms with van der Waals surface area (Å²) < 4.78 is 11.0. The Labute approximate surface area is 102 Å². The molecule has 3 rings (SSSR count). The fourth-order valence-corrected chi connectivity index (χ4v) is 2.58. The summed E-state index contributed by atoms with van der Waals surface area (Å²) in [5.74, 6) is 1.50. The van der Waals surface area contributed by atoms with Crippen molar-refractivity contribution in [3.8, 4) is 22.8 Å². The molecule has 88 valence electrons. The van der Waals surface area contributed by atoms with Gasteiger partial charge in [0.2, 0.25) is 0 Å². The van der Waals surface area contributed by atoms with Gasteiger partial charge in [-0.2, -0.15) is 0 Å². The topological polar surface area (TPSA) is 51.3 Å². The van der Waals surface area contributed by atoms with Crippen LogP contribution in [0.3, 0.4) is 0 Å². The summed E-state index contributed by atoms with van der Waals surface area (Å²) in [4.78, 5) is 15.1. The molecule has 5 heteroatoms. The molecule has 1 N–H and O–H groups in total. The molecular formula is C12H11NO3S. The number of hydrogen-bond acceptors (Lipinski definition) is 4. The lowest BCUT2D eigenvalue weighted by atomic mass is 10.1. The molecule has 0 radical (unpaired) electrons. The van der Waals surface area contributed by atoms with E-state index in [1.54, 1.807) is 0 Å². The number of aromatic nitrogens is 1. The van der Waals surface area contributed by atoms with E-state index in [9.17, 15) is 4.79 Å². The molecule has 1 aliphatic rings. The van der Waals surface area contributed by atoms with Gasteiger partial charge in [-0.1, -0.05) is 11.3 Å². The number of nitrogens with one attached hydrogen (secondary N) is 1. The van der Waals surface area contributed by atoms with Crippen LogP contribution in [0, 0.1) is 6.92 Å². The first-order valence-corrected chi connectivity index (χ1v) is 6.15. The third kappa shape index (κ3) is 1.82. The molecule has 0 bridgehead atoms. The van der Waals surface area contributed by atoms with Crippen molar-refractivity contribution in [1.82, 2.24) is 4.98 Å². The van der Waals surface area contributed by atoms with Gasteiger partial charge in [0.1, 0.15) is 13.2 Å². The quantitative estimate of drug-likeness (QED) is 0.842. The van der Waals surface area contributed by atoms with Crippen LogP contribution in [0.25, 0.3) is 11.3 Å². The van der Waals surface area contributed by atoms with E-state index in [1.807, 2.05) is 25.1 Å². The summed E-state index contributed by atoms with van der Waals surface area (Å²) in [6.07, 6.45) is 0. The van der Waals surface area contributed by atoms with Crippen molar-refractivity contribution in [3.63, 3.8) is 0 Å². The Balaban J connectivity index is 2.09. The average molecular weight is 249 g/mol. The van der Waals surface area contributed by atoms with E-state index in [0.717, 1.165) is 27.6 Å². The van der Waals surface area contributed by atoms with Crippen molar-refractivity contribution in [1.29, 1.82) is 0 Å². The predicted octanol–water partition coefficient (Wildman–Crippen LogP) is 2.18. The molecule has 0 fully saturated rings. The number of benzene rings is 1. The van der Waals surface area contributed by atoms with E-state index < -0.39 is 0 Å². The lowest BCUT2D eigenvalue weighted by Gasteiger charge is -2.18. The zero-order valence-electron chi connectivity index (χ0n) is 9.28. The van der Waals surface area contributed by atoms with E-state index in [1.165, 1.54) is 11.3 Å². The molecule has 1 aromatic carbocycles. The van der Waals surface area contributed by atoms with Crippen molar-refractivity contribution in [2.45, 2.75) is 6.92 Å². The normalized spacial score (nSPS) is 13.7. The molecule has 1 aliphatic heterocycles. The third-order valence-electron chi connectivity index (χ3n) is 2.66. The first-order chi connectivity index (χ1) is 8.24. The highest BCUT2D eigenvalue weighted by Gasteiger charge is 2.14. The van der Waals surface area contributed by atoms with Crippen molar-refractivity contribution in [2.24, 2.45) is 0 Å². The molecule has 17 heavy (non-hydrogen) atoms. The van der Waals surface area contributed by atoms with Crippen molar-refractivity contribution in [3.05, 3.63) is 32.7 Å². The number of ether oxygens (including phenoxy) is 2. The predicted molar refractivity (Wildman–Crippen MR) is 66.1 cm³/mol. The number of aromatic amines is 1. The molecule has 0 atom stereocenters. The van der Waals surface area contributed by atoms with Gasteiger partial charge in [0, 0.05) is 10.4 Å². The minimum absolute atomic E-state index is 0.0348. The molecule has 1 aromatic heterocycles. The zero-order chi connectivity index (χ0) is 11.8. The summed E-state index contributed by atoms with van der Waals surface area (Å²) >= 11 is 1.22. The Morgan fingerprint density at radius 1 is 1.24 bits per heavy atom. The highest BCUT2D eigenvalue weighted by Crippen LogP contribution is 2.34. The van der Waals surface area contributed by atoms with Gasteiger partial charge in [-0.15, -0.1) is 0 Å². The Bertz CT molecular complexity index is 614. The summed E-state index contributed by atoms with van der Waals surface area (Å²) in [5.41, 5.74) is 1.81. The number of fused-ring (bicyclic) bond motifs is 1. The number of thiazole rings is 1. The second-order valence-electron chi connectivity index (χ2n) is 3.80. The van der Waals surface area contributed by atoms with Gasteiger partial charge >= 0.3 is 4.87 Å². The second-order valence-corrected chi connectivity index (χ2v) is 4.99. The maximum atomic E-state index is 11.3. The van der Waals surface area contributed by atoms with Crippen LogP contribution in [0.5, 0.6) is 11.5 Å². The van der Waals surface area contributed by atoms with Crippen molar-refractivity contribution >= 4 is 11.3 Å². The van der Waals surface area contributed by atoms with Crippen LogP contribution in [0.2, 0.25) is 0 Å². The first kappa shape index (κ1) is 10.4. The number of aryl methyl sites for hydroxylation is 1. The standard InChI is InChI=1S/C12H11NO3S/c1-7-11(13-12(14)17-7)8-2-3-9-10(6-8)16-5-4-15-9/h2-3,6H,4-5H2,1H3,(H,13,14). The second kappa shape index (κ2) is 3.92. The highest BCUT2D eigenvalue weighted by atomic mass is 32.1. The molecule has 0 unspecified atom stereocenters. The molecule has 2 heterocycles. The van der Waals surface area contributed by atoms with E-state index in [4.69, 9.17) is 9.47 Å². The Hall–Kier alpha value is -1.75. The van der Waals surface area contributed by atoms with Gasteiger partial charge < -0.3 is 14.5 Å². The molecule has 0 amide bonds. The lowest BCUT2D eigenvalue weighted by Crippen LogP contribution is -2.15. The summed E-state index contributed by atoms with van der Waals surface area (Å²) in [7, 11) is 0. The van der Waals surface area contributed by atoms with Crippen molar-refractivity contribution < 1.29 is 9.47 Å². The molecular weight excluding hydrogens is 238 g/mol. The van der Waals surface area contributed by atoms with Crippen molar-refractivity contribution in [2.75, 3.05) is 13.2 Å². The van der Waals surface area contributed by atoms with Crippen LogP contribution in [0.15, 0.2) is 23.0 Å². The largest absolute Gasteiger partial charge is 0.486 e.